The molecule has 0 aliphatic carbocycles. The predicted molar refractivity (Wildman–Crippen MR) is 146 cm³/mol. The van der Waals surface area contributed by atoms with Crippen molar-refractivity contribution in [2.24, 2.45) is 0 Å². The molecular weight excluding hydrogens is 697 g/mol. The second-order valence-electron chi connectivity index (χ2n) is 7.89. The molecule has 0 aromatic heterocycles. The van der Waals surface area contributed by atoms with Crippen molar-refractivity contribution in [2.45, 2.75) is 0 Å². The summed E-state index contributed by atoms with van der Waals surface area (Å²) in [6.07, 6.45) is 4.27. The molecule has 0 amide bonds. The average molecular weight is 721 g/mol. The van der Waals surface area contributed by atoms with Gasteiger partial charge in [0.1, 0.15) is 0 Å². The van der Waals surface area contributed by atoms with E-state index < -0.39 is 95.2 Å². The molecule has 0 bridgehead atoms. The topological polar surface area (TPSA) is 260 Å². The Morgan fingerprint density at radius 2 is 0.500 bits per heavy atom. The zero-order valence-electron chi connectivity index (χ0n) is 22.3. The number of benzene rings is 2. The molecule has 0 radical (unpaired) electrons. The van der Waals surface area contributed by atoms with Gasteiger partial charge in [0, 0.05) is 0 Å². The maximum absolute atomic E-state index is 11.2. The molecule has 0 saturated heterocycles. The minimum atomic E-state index is -4.08. The fourth-order valence-corrected chi connectivity index (χ4v) is 5.14. The van der Waals surface area contributed by atoms with Gasteiger partial charge in [0.15, 0.2) is 23.0 Å². The zero-order chi connectivity index (χ0) is 32.9. The minimum absolute atomic E-state index is 0.524. The van der Waals surface area contributed by atoms with Gasteiger partial charge in [-0.2, -0.15) is 50.5 Å². The summed E-state index contributed by atoms with van der Waals surface area (Å²) in [7, 11) is -24.1. The van der Waals surface area contributed by atoms with Crippen LogP contribution in [0.2, 0.25) is 0 Å². The fourth-order valence-electron chi connectivity index (χ4n) is 2.37. The normalized spacial score (nSPS) is 12.7. The molecule has 18 nitrogen and oxygen atoms in total. The summed E-state index contributed by atoms with van der Waals surface area (Å²) >= 11 is 0. The third-order valence-electron chi connectivity index (χ3n) is 3.32. The standard InChI is InChI=1S/2C9H12O9S3/c2*1-19(10,11)16-7-5-4-6-8(17-20(2,12)13)9(7)18-21(3,14)15/h2*4-6H,1-3H3. The second-order valence-corrected chi connectivity index (χ2v) is 17.3. The second kappa shape index (κ2) is 13.1. The van der Waals surface area contributed by atoms with Gasteiger partial charge < -0.3 is 25.1 Å². The van der Waals surface area contributed by atoms with E-state index in [1.54, 1.807) is 0 Å². The molecule has 0 N–H and O–H groups in total. The van der Waals surface area contributed by atoms with Crippen molar-refractivity contribution in [1.82, 2.24) is 0 Å². The van der Waals surface area contributed by atoms with Crippen molar-refractivity contribution >= 4 is 60.7 Å². The molecule has 0 unspecified atom stereocenters. The summed E-state index contributed by atoms with van der Waals surface area (Å²) in [5, 5.41) is 0. The van der Waals surface area contributed by atoms with Crippen LogP contribution in [0, 0.1) is 0 Å². The van der Waals surface area contributed by atoms with E-state index in [0.717, 1.165) is 49.3 Å². The molecule has 0 aliphatic rings. The highest BCUT2D eigenvalue weighted by Crippen LogP contribution is 2.40. The van der Waals surface area contributed by atoms with E-state index in [-0.39, 0.29) is 0 Å². The van der Waals surface area contributed by atoms with E-state index in [1.807, 2.05) is 0 Å². The maximum atomic E-state index is 11.2. The molecule has 2 aromatic rings. The van der Waals surface area contributed by atoms with Gasteiger partial charge in [-0.3, -0.25) is 0 Å². The van der Waals surface area contributed by atoms with E-state index in [1.165, 1.54) is 12.1 Å². The minimum Gasteiger partial charge on any atom is -0.378 e. The summed E-state index contributed by atoms with van der Waals surface area (Å²) in [5.41, 5.74) is 0. The first-order valence-corrected chi connectivity index (χ1v) is 21.1. The van der Waals surface area contributed by atoms with Crippen LogP contribution in [-0.4, -0.2) is 88.0 Å². The van der Waals surface area contributed by atoms with Crippen LogP contribution in [0.1, 0.15) is 0 Å². The Hall–Kier alpha value is -3.06. The summed E-state index contributed by atoms with van der Waals surface area (Å²) < 4.78 is 161. The number of hydrogen-bond donors (Lipinski definition) is 0. The predicted octanol–water partition coefficient (Wildman–Crippen LogP) is -0.596. The number of para-hydroxylation sites is 2. The monoisotopic (exact) mass is 720 g/mol. The largest absolute Gasteiger partial charge is 0.378 e. The first-order chi connectivity index (χ1) is 18.5. The lowest BCUT2D eigenvalue weighted by atomic mass is 10.3. The van der Waals surface area contributed by atoms with E-state index in [4.69, 9.17) is 0 Å². The van der Waals surface area contributed by atoms with Crippen LogP contribution in [0.25, 0.3) is 0 Å². The first-order valence-electron chi connectivity index (χ1n) is 10.2. The average Bonchev–Trinajstić information content (AvgIpc) is 2.67. The van der Waals surface area contributed by atoms with Crippen LogP contribution in [0.4, 0.5) is 0 Å². The summed E-state index contributed by atoms with van der Waals surface area (Å²) in [4.78, 5) is 0. The van der Waals surface area contributed by atoms with Crippen molar-refractivity contribution in [3.63, 3.8) is 0 Å². The Labute approximate surface area is 243 Å². The number of hydrogen-bond acceptors (Lipinski definition) is 18. The molecule has 2 rings (SSSR count). The summed E-state index contributed by atoms with van der Waals surface area (Å²) in [5.74, 6) is -3.46. The SMILES string of the molecule is CS(=O)(=O)Oc1cccc(OS(C)(=O)=O)c1OS(C)(=O)=O.CS(=O)(=O)Oc1cccc(OS(C)(=O)=O)c1OS(C)(=O)=O. The fraction of sp³-hybridized carbons (Fsp3) is 0.333. The third kappa shape index (κ3) is 15.8. The van der Waals surface area contributed by atoms with Gasteiger partial charge in [-0.1, -0.05) is 12.1 Å². The zero-order valence-corrected chi connectivity index (χ0v) is 27.2. The quantitative estimate of drug-likeness (QED) is 0.248. The van der Waals surface area contributed by atoms with Gasteiger partial charge in [-0.25, -0.2) is 0 Å². The molecule has 0 aliphatic heterocycles. The van der Waals surface area contributed by atoms with Crippen LogP contribution in [0.15, 0.2) is 36.4 Å². The molecule has 0 spiro atoms. The highest BCUT2D eigenvalue weighted by molar-refractivity contribution is 7.87. The summed E-state index contributed by atoms with van der Waals surface area (Å²) in [6.45, 7) is 0. The van der Waals surface area contributed by atoms with Gasteiger partial charge in [-0.05, 0) is 24.3 Å². The smallest absolute Gasteiger partial charge is 0.306 e. The Kier molecular flexibility index (Phi) is 11.5. The van der Waals surface area contributed by atoms with E-state index in [9.17, 15) is 50.5 Å². The molecule has 240 valence electrons. The van der Waals surface area contributed by atoms with Gasteiger partial charge in [0.05, 0.1) is 37.5 Å². The van der Waals surface area contributed by atoms with Crippen LogP contribution >= 0.6 is 0 Å². The van der Waals surface area contributed by atoms with Crippen LogP contribution in [0.5, 0.6) is 34.5 Å². The Bertz CT molecular complexity index is 1710. The van der Waals surface area contributed by atoms with Crippen molar-refractivity contribution in [1.29, 1.82) is 0 Å². The van der Waals surface area contributed by atoms with Crippen molar-refractivity contribution in [2.75, 3.05) is 37.5 Å². The maximum Gasteiger partial charge on any atom is 0.306 e. The van der Waals surface area contributed by atoms with Crippen LogP contribution < -0.4 is 25.1 Å². The first kappa shape index (κ1) is 37.0. The van der Waals surface area contributed by atoms with Crippen molar-refractivity contribution in [3.05, 3.63) is 36.4 Å². The van der Waals surface area contributed by atoms with Gasteiger partial charge >= 0.3 is 60.7 Å². The molecule has 2 aromatic carbocycles. The van der Waals surface area contributed by atoms with Gasteiger partial charge in [0.2, 0.25) is 11.5 Å². The lowest BCUT2D eigenvalue weighted by Gasteiger charge is -2.13. The lowest BCUT2D eigenvalue weighted by molar-refractivity contribution is 0.433. The van der Waals surface area contributed by atoms with Crippen LogP contribution in [0.3, 0.4) is 0 Å². The van der Waals surface area contributed by atoms with E-state index in [0.29, 0.717) is 12.5 Å². The van der Waals surface area contributed by atoms with E-state index in [2.05, 4.69) is 25.1 Å². The Morgan fingerprint density at radius 3 is 0.643 bits per heavy atom. The molecule has 0 fully saturated rings. The van der Waals surface area contributed by atoms with Crippen LogP contribution in [-0.2, 0) is 60.7 Å². The molecule has 42 heavy (non-hydrogen) atoms. The third-order valence-corrected chi connectivity index (χ3v) is 6.19. The molecule has 24 heteroatoms. The molecular formula is C18H24O18S6. The van der Waals surface area contributed by atoms with Gasteiger partial charge in [0.25, 0.3) is 0 Å². The highest BCUT2D eigenvalue weighted by Gasteiger charge is 2.24. The molecule has 0 saturated carbocycles. The lowest BCUT2D eigenvalue weighted by Crippen LogP contribution is -2.13. The van der Waals surface area contributed by atoms with Crippen molar-refractivity contribution in [3.8, 4) is 34.5 Å². The van der Waals surface area contributed by atoms with E-state index >= 15 is 0 Å². The summed E-state index contributed by atoms with van der Waals surface area (Å²) in [6, 6.07) is 6.73. The van der Waals surface area contributed by atoms with Gasteiger partial charge in [-0.15, -0.1) is 0 Å². The molecule has 0 heterocycles. The Morgan fingerprint density at radius 1 is 0.333 bits per heavy atom. The molecule has 0 atom stereocenters. The number of rotatable bonds is 12. The van der Waals surface area contributed by atoms with Crippen molar-refractivity contribution < 1.29 is 75.6 Å². The highest BCUT2D eigenvalue weighted by atomic mass is 32.2. The Balaban J connectivity index is 0.000000420.